The number of carbonyl (C=O) groups excluding carboxylic acids is 1. The molecule has 31 heavy (non-hydrogen) atoms. The van der Waals surface area contributed by atoms with Crippen LogP contribution in [0.1, 0.15) is 28.3 Å². The van der Waals surface area contributed by atoms with Crippen LogP contribution in [0, 0.1) is 6.92 Å². The fourth-order valence-electron chi connectivity index (χ4n) is 4.12. The minimum absolute atomic E-state index is 0.266. The van der Waals surface area contributed by atoms with Gasteiger partial charge in [-0.3, -0.25) is 4.90 Å². The Morgan fingerprint density at radius 2 is 1.94 bits per heavy atom. The van der Waals surface area contributed by atoms with Crippen molar-refractivity contribution in [1.29, 1.82) is 0 Å². The summed E-state index contributed by atoms with van der Waals surface area (Å²) in [5.74, 6) is -0.266. The monoisotopic (exact) mass is 451 g/mol. The van der Waals surface area contributed by atoms with Gasteiger partial charge in [0.25, 0.3) is 0 Å². The minimum Gasteiger partial charge on any atom is -0.406 e. The van der Waals surface area contributed by atoms with Crippen LogP contribution < -0.4 is 9.64 Å². The van der Waals surface area contributed by atoms with Gasteiger partial charge in [-0.25, -0.2) is 0 Å². The van der Waals surface area contributed by atoms with E-state index in [1.54, 1.807) is 12.1 Å². The topological polar surface area (TPSA) is 36.0 Å². The van der Waals surface area contributed by atoms with Crippen LogP contribution >= 0.6 is 11.6 Å². The number of anilines is 1. The number of aryl methyl sites for hydroxylation is 1. The number of hydrogen-bond donors (Lipinski definition) is 0. The highest BCUT2D eigenvalue weighted by Crippen LogP contribution is 2.39. The first-order valence-corrected chi connectivity index (χ1v) is 10.2. The highest BCUT2D eigenvalue weighted by molar-refractivity contribution is 6.17. The maximum atomic E-state index is 12.4. The summed E-state index contributed by atoms with van der Waals surface area (Å²) in [5, 5.41) is 0. The van der Waals surface area contributed by atoms with Crippen molar-refractivity contribution in [2.24, 2.45) is 0 Å². The lowest BCUT2D eigenvalue weighted by molar-refractivity contribution is -0.274. The highest BCUT2D eigenvalue weighted by atomic mass is 35.5. The number of fused-ring (bicyclic) bond motifs is 1. The van der Waals surface area contributed by atoms with Crippen LogP contribution in [0.15, 0.2) is 48.8 Å². The van der Waals surface area contributed by atoms with Crippen LogP contribution in [-0.4, -0.2) is 35.1 Å². The molecule has 0 aliphatic carbocycles. The average Bonchev–Trinajstić information content (AvgIpc) is 3.32. The molecule has 0 bridgehead atoms. The normalized spacial score (nSPS) is 18.5. The van der Waals surface area contributed by atoms with E-state index in [0.717, 1.165) is 34.2 Å². The zero-order valence-corrected chi connectivity index (χ0v) is 17.5. The molecule has 9 heteroatoms. The Morgan fingerprint density at radius 3 is 2.55 bits per heavy atom. The Hall–Kier alpha value is -2.71. The van der Waals surface area contributed by atoms with E-state index in [9.17, 15) is 18.0 Å². The first-order valence-electron chi connectivity index (χ1n) is 9.70. The number of benzene rings is 2. The molecule has 0 spiro atoms. The molecule has 164 valence electrons. The lowest BCUT2D eigenvalue weighted by Crippen LogP contribution is -2.24. The number of alkyl halides is 4. The third kappa shape index (κ3) is 4.65. The van der Waals surface area contributed by atoms with Crippen LogP contribution in [0.2, 0.25) is 0 Å². The van der Waals surface area contributed by atoms with Gasteiger partial charge in [-0.05, 0) is 53.4 Å². The van der Waals surface area contributed by atoms with Crippen LogP contribution in [0.25, 0.3) is 0 Å². The summed E-state index contributed by atoms with van der Waals surface area (Å²) in [6, 6.07) is 9.89. The van der Waals surface area contributed by atoms with Gasteiger partial charge in [0, 0.05) is 31.2 Å². The van der Waals surface area contributed by atoms with Crippen LogP contribution in [0.4, 0.5) is 18.9 Å². The number of carbonyl (C=O) groups is 1. The fraction of sp³-hybridized carbons (Fsp3) is 0.318. The molecular weight excluding hydrogens is 431 g/mol. The zero-order valence-electron chi connectivity index (χ0n) is 16.8. The van der Waals surface area contributed by atoms with Crippen LogP contribution in [-0.2, 0) is 17.9 Å². The van der Waals surface area contributed by atoms with Gasteiger partial charge in [0.2, 0.25) is 0 Å². The molecule has 2 aliphatic rings. The molecule has 0 amide bonds. The van der Waals surface area contributed by atoms with E-state index in [4.69, 9.17) is 11.6 Å². The number of nitrogens with zero attached hydrogens (tertiary/aromatic N) is 3. The van der Waals surface area contributed by atoms with Crippen molar-refractivity contribution in [3.05, 3.63) is 71.1 Å². The largest absolute Gasteiger partial charge is 0.573 e. The lowest BCUT2D eigenvalue weighted by atomic mass is 9.98. The van der Waals surface area contributed by atoms with Gasteiger partial charge in [0.1, 0.15) is 12.0 Å². The molecule has 2 aromatic rings. The number of aldehydes is 1. The Bertz CT molecular complexity index is 995. The fourth-order valence-corrected chi connectivity index (χ4v) is 4.28. The number of ether oxygens (including phenoxy) is 1. The van der Waals surface area contributed by atoms with Gasteiger partial charge in [0.15, 0.2) is 0 Å². The lowest BCUT2D eigenvalue weighted by Gasteiger charge is -2.22. The van der Waals surface area contributed by atoms with E-state index >= 15 is 0 Å². The third-order valence-electron chi connectivity index (χ3n) is 5.47. The summed E-state index contributed by atoms with van der Waals surface area (Å²) in [6.45, 7) is 3.66. The summed E-state index contributed by atoms with van der Waals surface area (Å²) < 4.78 is 41.0. The Labute approximate surface area is 183 Å². The maximum absolute atomic E-state index is 12.4. The van der Waals surface area contributed by atoms with Crippen molar-refractivity contribution >= 4 is 23.6 Å². The van der Waals surface area contributed by atoms with Crippen LogP contribution in [0.5, 0.6) is 5.75 Å². The number of rotatable bonds is 6. The average molecular weight is 452 g/mol. The van der Waals surface area contributed by atoms with Gasteiger partial charge in [0.05, 0.1) is 18.7 Å². The molecule has 0 fully saturated rings. The quantitative estimate of drug-likeness (QED) is 0.355. The second-order valence-corrected chi connectivity index (χ2v) is 7.87. The molecule has 0 saturated heterocycles. The van der Waals surface area contributed by atoms with E-state index in [1.807, 2.05) is 29.1 Å². The smallest absolute Gasteiger partial charge is 0.406 e. The van der Waals surface area contributed by atoms with Crippen molar-refractivity contribution < 1.29 is 22.7 Å². The van der Waals surface area contributed by atoms with E-state index in [0.29, 0.717) is 25.8 Å². The molecule has 5 nitrogen and oxygen atoms in total. The second-order valence-electron chi connectivity index (χ2n) is 7.63. The maximum Gasteiger partial charge on any atom is 0.573 e. The second kappa shape index (κ2) is 8.43. The Balaban J connectivity index is 1.52. The molecule has 2 aliphatic heterocycles. The molecule has 0 aromatic heterocycles. The number of hydrogen-bond acceptors (Lipinski definition) is 5. The van der Waals surface area contributed by atoms with Gasteiger partial charge in [-0.2, -0.15) is 0 Å². The van der Waals surface area contributed by atoms with E-state index in [2.05, 4.69) is 21.8 Å². The summed E-state index contributed by atoms with van der Waals surface area (Å²) in [7, 11) is 0. The molecule has 4 rings (SSSR count). The predicted octanol–water partition coefficient (Wildman–Crippen LogP) is 4.90. The SMILES string of the molecule is Cc1cc(N2C=CN(CCl)C2)cc2c1C(C=O)N(Cc1ccc(OC(F)(F)F)cc1)C2. The molecule has 2 aromatic carbocycles. The summed E-state index contributed by atoms with van der Waals surface area (Å²) in [5.41, 5.74) is 4.92. The first kappa shape index (κ1) is 21.5. The molecule has 0 radical (unpaired) electrons. The standard InChI is InChI=1S/C22H21ClF3N3O2/c1-15-8-18(28-7-6-27(13-23)14-28)9-17-11-29(20(12-30)21(15)17)10-16-2-4-19(5-3-16)31-22(24,25)26/h2-9,12,20H,10-11,13-14H2,1H3. The first-order chi connectivity index (χ1) is 14.8. The molecule has 1 atom stereocenters. The third-order valence-corrected chi connectivity index (χ3v) is 5.78. The van der Waals surface area contributed by atoms with Crippen molar-refractivity contribution in [2.45, 2.75) is 32.4 Å². The van der Waals surface area contributed by atoms with E-state index in [-0.39, 0.29) is 5.75 Å². The Kier molecular flexibility index (Phi) is 5.85. The predicted molar refractivity (Wildman–Crippen MR) is 111 cm³/mol. The van der Waals surface area contributed by atoms with Crippen LogP contribution in [0.3, 0.4) is 0 Å². The van der Waals surface area contributed by atoms with Gasteiger partial charge in [-0.15, -0.1) is 24.8 Å². The summed E-state index contributed by atoms with van der Waals surface area (Å²) in [4.78, 5) is 18.0. The molecule has 1 unspecified atom stereocenters. The zero-order chi connectivity index (χ0) is 22.2. The number of halogens is 4. The van der Waals surface area contributed by atoms with Gasteiger partial charge < -0.3 is 19.3 Å². The molecule has 0 N–H and O–H groups in total. The summed E-state index contributed by atoms with van der Waals surface area (Å²) >= 11 is 5.90. The molecular formula is C22H21ClF3N3O2. The summed E-state index contributed by atoms with van der Waals surface area (Å²) in [6.07, 6.45) is 0.103. The van der Waals surface area contributed by atoms with Crippen molar-refractivity contribution in [3.8, 4) is 5.75 Å². The van der Waals surface area contributed by atoms with Gasteiger partial charge in [-0.1, -0.05) is 12.1 Å². The van der Waals surface area contributed by atoms with E-state index in [1.165, 1.54) is 12.1 Å². The molecule has 0 saturated carbocycles. The van der Waals surface area contributed by atoms with Crippen molar-refractivity contribution in [2.75, 3.05) is 17.6 Å². The van der Waals surface area contributed by atoms with Crippen molar-refractivity contribution in [3.63, 3.8) is 0 Å². The highest BCUT2D eigenvalue weighted by Gasteiger charge is 2.33. The minimum atomic E-state index is -4.72. The molecule has 2 heterocycles. The Morgan fingerprint density at radius 1 is 1.19 bits per heavy atom. The van der Waals surface area contributed by atoms with Crippen molar-refractivity contribution in [1.82, 2.24) is 9.80 Å². The van der Waals surface area contributed by atoms with E-state index < -0.39 is 12.4 Å². The van der Waals surface area contributed by atoms with Gasteiger partial charge >= 0.3 is 6.36 Å².